The van der Waals surface area contributed by atoms with Gasteiger partial charge in [0.25, 0.3) is 0 Å². The Bertz CT molecular complexity index is 428. The summed E-state index contributed by atoms with van der Waals surface area (Å²) in [6.45, 7) is 6.55. The molecule has 2 aliphatic heterocycles. The van der Waals surface area contributed by atoms with Gasteiger partial charge < -0.3 is 9.47 Å². The van der Waals surface area contributed by atoms with Crippen LogP contribution in [0.25, 0.3) is 0 Å². The zero-order valence-electron chi connectivity index (χ0n) is 12.9. The van der Waals surface area contributed by atoms with E-state index in [4.69, 9.17) is 9.47 Å². The van der Waals surface area contributed by atoms with Crippen molar-refractivity contribution in [3.05, 3.63) is 11.6 Å². The van der Waals surface area contributed by atoms with E-state index >= 15 is 0 Å². The van der Waals surface area contributed by atoms with E-state index in [-0.39, 0.29) is 23.6 Å². The van der Waals surface area contributed by atoms with Gasteiger partial charge in [0.2, 0.25) is 0 Å². The van der Waals surface area contributed by atoms with E-state index in [1.165, 1.54) is 19.3 Å². The van der Waals surface area contributed by atoms with E-state index < -0.39 is 0 Å². The number of rotatable bonds is 0. The molecular weight excluding hydrogens is 252 g/mol. The van der Waals surface area contributed by atoms with Crippen LogP contribution < -0.4 is 0 Å². The molecule has 5 atom stereocenters. The maximum atomic E-state index is 12.1. The Morgan fingerprint density at radius 3 is 2.95 bits per heavy atom. The van der Waals surface area contributed by atoms with Gasteiger partial charge in [0.05, 0.1) is 17.8 Å². The molecule has 0 N–H and O–H groups in total. The predicted molar refractivity (Wildman–Crippen MR) is 77.6 cm³/mol. The molecule has 20 heavy (non-hydrogen) atoms. The Balaban J connectivity index is 1.65. The van der Waals surface area contributed by atoms with Gasteiger partial charge in [0, 0.05) is 0 Å². The van der Waals surface area contributed by atoms with Crippen LogP contribution in [0.4, 0.5) is 0 Å². The lowest BCUT2D eigenvalue weighted by molar-refractivity contribution is -0.115. The summed E-state index contributed by atoms with van der Waals surface area (Å²) in [7, 11) is 0. The summed E-state index contributed by atoms with van der Waals surface area (Å²) in [6.07, 6.45) is 8.81. The SMILES string of the molecule is C/C1=C\C(=O)C2OC2CC(C)CCCC2(C)OC2CC1. The number of hydrogen-bond acceptors (Lipinski definition) is 3. The Morgan fingerprint density at radius 2 is 2.15 bits per heavy atom. The van der Waals surface area contributed by atoms with Gasteiger partial charge in [0.1, 0.15) is 6.10 Å². The van der Waals surface area contributed by atoms with Crippen molar-refractivity contribution >= 4 is 5.78 Å². The lowest BCUT2D eigenvalue weighted by Gasteiger charge is -2.12. The highest BCUT2D eigenvalue weighted by molar-refractivity contribution is 5.96. The summed E-state index contributed by atoms with van der Waals surface area (Å²) in [5, 5.41) is 0. The first-order valence-corrected chi connectivity index (χ1v) is 8.02. The van der Waals surface area contributed by atoms with Crippen molar-refractivity contribution in [1.29, 1.82) is 0 Å². The van der Waals surface area contributed by atoms with Gasteiger partial charge in [-0.2, -0.15) is 0 Å². The molecule has 0 aromatic rings. The van der Waals surface area contributed by atoms with E-state index in [9.17, 15) is 4.79 Å². The maximum Gasteiger partial charge on any atom is 0.187 e. The molecule has 3 rings (SSSR count). The highest BCUT2D eigenvalue weighted by Gasteiger charge is 2.51. The van der Waals surface area contributed by atoms with Crippen LogP contribution in [-0.2, 0) is 14.3 Å². The van der Waals surface area contributed by atoms with Crippen molar-refractivity contribution in [3.63, 3.8) is 0 Å². The molecule has 2 saturated heterocycles. The van der Waals surface area contributed by atoms with Crippen LogP contribution in [-0.4, -0.2) is 29.7 Å². The standard InChI is InChI=1S/C17H26O3/c1-11-5-4-8-17(3)15(20-17)7-6-12(2)9-13(18)16-14(10-11)19-16/h9,11,14-16H,4-8,10H2,1-3H3/b12-9+. The van der Waals surface area contributed by atoms with Crippen molar-refractivity contribution in [2.24, 2.45) is 5.92 Å². The molecular formula is C17H26O3. The third-order valence-electron chi connectivity index (χ3n) is 5.09. The minimum Gasteiger partial charge on any atom is -0.366 e. The number of fused-ring (bicyclic) bond motifs is 2. The number of epoxide rings is 2. The van der Waals surface area contributed by atoms with Crippen LogP contribution in [0, 0.1) is 5.92 Å². The fraction of sp³-hybridized carbons (Fsp3) is 0.824. The Hall–Kier alpha value is -0.670. The first-order chi connectivity index (χ1) is 9.48. The lowest BCUT2D eigenvalue weighted by Crippen LogP contribution is -2.13. The average Bonchev–Trinajstić information content (AvgIpc) is 3.24. The number of carbonyl (C=O) groups excluding carboxylic acids is 1. The summed E-state index contributed by atoms with van der Waals surface area (Å²) in [6, 6.07) is 0. The first-order valence-electron chi connectivity index (χ1n) is 8.02. The highest BCUT2D eigenvalue weighted by atomic mass is 16.6. The molecule has 5 unspecified atom stereocenters. The topological polar surface area (TPSA) is 42.1 Å². The molecule has 0 aromatic carbocycles. The van der Waals surface area contributed by atoms with E-state index in [2.05, 4.69) is 13.8 Å². The van der Waals surface area contributed by atoms with Gasteiger partial charge in [-0.1, -0.05) is 25.3 Å². The number of allylic oxidation sites excluding steroid dienone is 1. The van der Waals surface area contributed by atoms with Gasteiger partial charge in [0.15, 0.2) is 5.78 Å². The van der Waals surface area contributed by atoms with Gasteiger partial charge in [-0.25, -0.2) is 0 Å². The van der Waals surface area contributed by atoms with E-state index in [0.717, 1.165) is 24.8 Å². The van der Waals surface area contributed by atoms with Crippen LogP contribution in [0.2, 0.25) is 0 Å². The highest BCUT2D eigenvalue weighted by Crippen LogP contribution is 2.44. The summed E-state index contributed by atoms with van der Waals surface area (Å²) in [5.41, 5.74) is 1.26. The molecule has 3 nitrogen and oxygen atoms in total. The van der Waals surface area contributed by atoms with Crippen LogP contribution in [0.3, 0.4) is 0 Å². The van der Waals surface area contributed by atoms with Crippen molar-refractivity contribution < 1.29 is 14.3 Å². The van der Waals surface area contributed by atoms with Crippen molar-refractivity contribution in [1.82, 2.24) is 0 Å². The lowest BCUT2D eigenvalue weighted by atomic mass is 9.91. The Labute approximate surface area is 121 Å². The smallest absolute Gasteiger partial charge is 0.187 e. The molecule has 0 radical (unpaired) electrons. The van der Waals surface area contributed by atoms with Crippen molar-refractivity contribution in [2.75, 3.05) is 0 Å². The quantitative estimate of drug-likeness (QED) is 0.638. The third kappa shape index (κ3) is 3.15. The van der Waals surface area contributed by atoms with Gasteiger partial charge in [-0.15, -0.1) is 0 Å². The molecule has 112 valence electrons. The van der Waals surface area contributed by atoms with Crippen LogP contribution in [0.15, 0.2) is 11.6 Å². The molecule has 2 fully saturated rings. The number of carbonyl (C=O) groups is 1. The van der Waals surface area contributed by atoms with Crippen LogP contribution in [0.1, 0.15) is 59.3 Å². The number of ether oxygens (including phenoxy) is 2. The van der Waals surface area contributed by atoms with Gasteiger partial charge in [-0.3, -0.25) is 4.79 Å². The summed E-state index contributed by atoms with van der Waals surface area (Å²) >= 11 is 0. The largest absolute Gasteiger partial charge is 0.366 e. The fourth-order valence-corrected chi connectivity index (χ4v) is 3.52. The molecule has 0 saturated carbocycles. The van der Waals surface area contributed by atoms with E-state index in [0.29, 0.717) is 12.0 Å². The number of hydrogen-bond donors (Lipinski definition) is 0. The molecule has 0 bridgehead atoms. The second-order valence-electron chi connectivity index (χ2n) is 7.18. The van der Waals surface area contributed by atoms with E-state index in [1.54, 1.807) is 6.08 Å². The summed E-state index contributed by atoms with van der Waals surface area (Å²) in [4.78, 5) is 12.1. The van der Waals surface area contributed by atoms with Crippen LogP contribution >= 0.6 is 0 Å². The van der Waals surface area contributed by atoms with Gasteiger partial charge >= 0.3 is 0 Å². The molecule has 1 aliphatic carbocycles. The molecule has 0 aromatic heterocycles. The van der Waals surface area contributed by atoms with Crippen molar-refractivity contribution in [3.8, 4) is 0 Å². The molecule has 0 amide bonds. The minimum absolute atomic E-state index is 0.104. The van der Waals surface area contributed by atoms with E-state index in [1.807, 2.05) is 6.92 Å². The summed E-state index contributed by atoms with van der Waals surface area (Å²) < 4.78 is 11.4. The fourth-order valence-electron chi connectivity index (χ4n) is 3.52. The Kier molecular flexibility index (Phi) is 3.76. The second kappa shape index (κ2) is 5.27. The molecule has 3 heteroatoms. The molecule has 0 spiro atoms. The van der Waals surface area contributed by atoms with Crippen molar-refractivity contribution in [2.45, 2.75) is 83.2 Å². The summed E-state index contributed by atoms with van der Waals surface area (Å²) in [5.74, 6) is 0.794. The normalized spacial score (nSPS) is 48.4. The average molecular weight is 278 g/mol. The minimum atomic E-state index is -0.155. The number of ketones is 1. The zero-order chi connectivity index (χ0) is 14.3. The molecule has 3 aliphatic rings. The Morgan fingerprint density at radius 1 is 1.35 bits per heavy atom. The zero-order valence-corrected chi connectivity index (χ0v) is 12.9. The molecule has 2 heterocycles. The predicted octanol–water partition coefficient (Wildman–Crippen LogP) is 3.42. The van der Waals surface area contributed by atoms with Crippen LogP contribution in [0.5, 0.6) is 0 Å². The van der Waals surface area contributed by atoms with Gasteiger partial charge in [-0.05, 0) is 51.5 Å². The maximum absolute atomic E-state index is 12.1. The monoisotopic (exact) mass is 278 g/mol. The first kappa shape index (κ1) is 14.3. The third-order valence-corrected chi connectivity index (χ3v) is 5.09. The second-order valence-corrected chi connectivity index (χ2v) is 7.18.